The molecule has 1 fully saturated rings. The van der Waals surface area contributed by atoms with Crippen molar-refractivity contribution in [3.05, 3.63) is 0 Å². The number of likely N-dealkylation sites (tertiary alicyclic amines) is 1. The number of rotatable bonds is 37. The number of carbonyl (C=O) groups is 9. The minimum Gasteiger partial charge on any atom is -0.480 e. The molecule has 71 heavy (non-hydrogen) atoms. The smallest absolute Gasteiger partial charge is 0.322 e. The predicted octanol–water partition coefficient (Wildman–Crippen LogP) is -4.34. The fraction of sp³-hybridized carbons (Fsp3) is 0.778. The first kappa shape index (κ1) is 63.3. The van der Waals surface area contributed by atoms with Crippen LogP contribution in [0, 0.1) is 5.92 Å². The maximum absolute atomic E-state index is 14.3. The standard InChI is InChI=1S/C45H86N16O10/c1-27(2)36(43(70)54-26-35(62)63)60-41(68)32(17-7-11-23-49)57-40(67)33(18-12-24-53-45(51)52)58-38(65)30(15-5-9-21-47)55-37(64)29(14-4-8-20-46)56-39(66)31(16-6-10-22-48)59-42(69)34-19-13-25-61(34)44(71)28(3)50/h27-34,36H,4-26,46-50H2,1-3H3,(H,54,70)(H,55,64)(H,56,66)(H,57,67)(H,58,65)(H,59,69)(H,60,68)(H,62,63)(H4,51,52,53)/t28-,29-,30-,31-,32-,33-,34-,36-/m0/s1. The average Bonchev–Trinajstić information content (AvgIpc) is 3.82. The lowest BCUT2D eigenvalue weighted by atomic mass is 10.0. The van der Waals surface area contributed by atoms with Crippen LogP contribution in [0.3, 0.4) is 0 Å². The summed E-state index contributed by atoms with van der Waals surface area (Å²) in [5.41, 5.74) is 39.9. The maximum atomic E-state index is 14.3. The minimum absolute atomic E-state index is 0.0335. The third-order valence-electron chi connectivity index (χ3n) is 11.8. The van der Waals surface area contributed by atoms with Gasteiger partial charge in [-0.2, -0.15) is 0 Å². The van der Waals surface area contributed by atoms with Crippen molar-refractivity contribution in [1.82, 2.24) is 42.1 Å². The summed E-state index contributed by atoms with van der Waals surface area (Å²) < 4.78 is 0. The highest BCUT2D eigenvalue weighted by Gasteiger charge is 2.38. The summed E-state index contributed by atoms with van der Waals surface area (Å²) >= 11 is 0. The number of nitrogens with one attached hydrogen (secondary N) is 7. The van der Waals surface area contributed by atoms with E-state index < -0.39 is 114 Å². The third kappa shape index (κ3) is 24.8. The second-order valence-corrected chi connectivity index (χ2v) is 18.2. The molecule has 26 heteroatoms. The van der Waals surface area contributed by atoms with Gasteiger partial charge in [-0.3, -0.25) is 48.1 Å². The molecular formula is C45H86N16O10. The van der Waals surface area contributed by atoms with Crippen LogP contribution in [0.15, 0.2) is 4.99 Å². The number of carbonyl (C=O) groups excluding carboxylic acids is 8. The van der Waals surface area contributed by atoms with Crippen molar-refractivity contribution in [3.8, 4) is 0 Å². The molecule has 1 saturated heterocycles. The highest BCUT2D eigenvalue weighted by atomic mass is 16.4. The van der Waals surface area contributed by atoms with Gasteiger partial charge in [0.1, 0.15) is 48.8 Å². The summed E-state index contributed by atoms with van der Waals surface area (Å²) in [4.78, 5) is 126. The van der Waals surface area contributed by atoms with Gasteiger partial charge in [-0.05, 0) is 142 Å². The Labute approximate surface area is 417 Å². The van der Waals surface area contributed by atoms with Crippen LogP contribution in [0.4, 0.5) is 0 Å². The number of nitrogens with zero attached hydrogens (tertiary/aromatic N) is 2. The molecule has 8 amide bonds. The Balaban J connectivity index is 3.53. The normalized spacial score (nSPS) is 16.2. The minimum atomic E-state index is -1.31. The number of hydrogen-bond donors (Lipinski definition) is 15. The monoisotopic (exact) mass is 1010 g/mol. The Morgan fingerprint density at radius 3 is 1.30 bits per heavy atom. The van der Waals surface area contributed by atoms with E-state index in [0.717, 1.165) is 0 Å². The quantitative estimate of drug-likeness (QED) is 0.0159. The summed E-state index contributed by atoms with van der Waals surface area (Å²) in [7, 11) is 0. The van der Waals surface area contributed by atoms with Gasteiger partial charge in [-0.1, -0.05) is 13.8 Å². The molecule has 0 unspecified atom stereocenters. The topological polar surface area (TPSA) is 456 Å². The van der Waals surface area contributed by atoms with E-state index >= 15 is 0 Å². The third-order valence-corrected chi connectivity index (χ3v) is 11.8. The molecular weight excluding hydrogens is 925 g/mol. The number of carboxylic acids is 1. The van der Waals surface area contributed by atoms with Crippen molar-refractivity contribution < 1.29 is 48.3 Å². The summed E-state index contributed by atoms with van der Waals surface area (Å²) in [6.07, 6.45) is 5.17. The van der Waals surface area contributed by atoms with Gasteiger partial charge in [0, 0.05) is 13.1 Å². The van der Waals surface area contributed by atoms with Gasteiger partial charge in [0.05, 0.1) is 6.04 Å². The molecule has 1 heterocycles. The molecule has 22 N–H and O–H groups in total. The molecule has 0 spiro atoms. The zero-order valence-corrected chi connectivity index (χ0v) is 42.0. The number of unbranched alkanes of at least 4 members (excludes halogenated alkanes) is 4. The zero-order chi connectivity index (χ0) is 53.5. The second kappa shape index (κ2) is 35.4. The van der Waals surface area contributed by atoms with E-state index in [2.05, 4.69) is 42.2 Å². The molecule has 0 aromatic rings. The number of hydrogen-bond acceptors (Lipinski definition) is 15. The summed E-state index contributed by atoms with van der Waals surface area (Å²) in [5.74, 6) is -7.31. The van der Waals surface area contributed by atoms with E-state index in [-0.39, 0.29) is 64.1 Å². The molecule has 1 rings (SSSR count). The van der Waals surface area contributed by atoms with Crippen molar-refractivity contribution in [2.45, 2.75) is 172 Å². The Morgan fingerprint density at radius 2 is 0.944 bits per heavy atom. The number of carboxylic acid groups (broad SMARTS) is 1. The largest absolute Gasteiger partial charge is 0.480 e. The van der Waals surface area contributed by atoms with Crippen LogP contribution < -0.4 is 77.4 Å². The molecule has 406 valence electrons. The van der Waals surface area contributed by atoms with Crippen molar-refractivity contribution in [1.29, 1.82) is 0 Å². The molecule has 0 aromatic carbocycles. The lowest BCUT2D eigenvalue weighted by molar-refractivity contribution is -0.140. The van der Waals surface area contributed by atoms with Gasteiger partial charge in [0.2, 0.25) is 47.3 Å². The lowest BCUT2D eigenvalue weighted by Gasteiger charge is -2.29. The number of aliphatic imine (C=N–C) groups is 1. The van der Waals surface area contributed by atoms with Gasteiger partial charge in [0.15, 0.2) is 5.96 Å². The predicted molar refractivity (Wildman–Crippen MR) is 267 cm³/mol. The highest BCUT2D eigenvalue weighted by molar-refractivity contribution is 5.98. The molecule has 0 aromatic heterocycles. The van der Waals surface area contributed by atoms with Crippen LogP contribution in [-0.2, 0) is 43.2 Å². The molecule has 0 aliphatic carbocycles. The maximum Gasteiger partial charge on any atom is 0.322 e. The van der Waals surface area contributed by atoms with Crippen LogP contribution in [0.2, 0.25) is 0 Å². The average molecular weight is 1010 g/mol. The van der Waals surface area contributed by atoms with E-state index in [9.17, 15) is 43.2 Å². The molecule has 0 radical (unpaired) electrons. The van der Waals surface area contributed by atoms with E-state index in [1.165, 1.54) is 11.8 Å². The Bertz CT molecular complexity index is 1730. The van der Waals surface area contributed by atoms with Gasteiger partial charge in [0.25, 0.3) is 0 Å². The van der Waals surface area contributed by atoms with Crippen molar-refractivity contribution >= 4 is 59.2 Å². The SMILES string of the molecule is CC(C)[C@H](NC(=O)[C@H](CCCCN)NC(=O)[C@H](CCCN=C(N)N)NC(=O)[C@H](CCCCN)NC(=O)[C@H](CCCCN)NC(=O)[C@H](CCCCN)NC(=O)[C@@H]1CCCN1C(=O)[C@H](C)N)C(=O)NCC(=O)O. The fourth-order valence-corrected chi connectivity index (χ4v) is 7.80. The number of nitrogens with two attached hydrogens (primary N) is 7. The van der Waals surface area contributed by atoms with E-state index in [1.807, 2.05) is 0 Å². The van der Waals surface area contributed by atoms with Gasteiger partial charge in [-0.15, -0.1) is 0 Å². The summed E-state index contributed by atoms with van der Waals surface area (Å²) in [6.45, 7) is 5.75. The number of guanidine groups is 1. The lowest BCUT2D eigenvalue weighted by Crippen LogP contribution is -2.60. The Hall–Kier alpha value is -5.70. The molecule has 26 nitrogen and oxygen atoms in total. The Morgan fingerprint density at radius 1 is 0.563 bits per heavy atom. The molecule has 0 saturated carbocycles. The van der Waals surface area contributed by atoms with Crippen LogP contribution in [0.25, 0.3) is 0 Å². The molecule has 1 aliphatic rings. The van der Waals surface area contributed by atoms with Gasteiger partial charge >= 0.3 is 5.97 Å². The molecule has 0 bridgehead atoms. The Kier molecular flexibility index (Phi) is 31.6. The van der Waals surface area contributed by atoms with E-state index in [1.54, 1.807) is 13.8 Å². The van der Waals surface area contributed by atoms with Crippen molar-refractivity contribution in [3.63, 3.8) is 0 Å². The number of aliphatic carboxylic acids is 1. The fourth-order valence-electron chi connectivity index (χ4n) is 7.80. The van der Waals surface area contributed by atoms with Crippen molar-refractivity contribution in [2.24, 2.45) is 51.0 Å². The van der Waals surface area contributed by atoms with Gasteiger partial charge < -0.3 is 87.4 Å². The van der Waals surface area contributed by atoms with E-state index in [0.29, 0.717) is 83.8 Å². The zero-order valence-electron chi connectivity index (χ0n) is 42.0. The molecule has 8 atom stereocenters. The van der Waals surface area contributed by atoms with Crippen LogP contribution in [0.1, 0.15) is 124 Å². The van der Waals surface area contributed by atoms with Gasteiger partial charge in [-0.25, -0.2) is 0 Å². The van der Waals surface area contributed by atoms with Crippen LogP contribution in [-0.4, -0.2) is 163 Å². The second-order valence-electron chi connectivity index (χ2n) is 18.2. The first-order valence-corrected chi connectivity index (χ1v) is 25.0. The number of amides is 8. The van der Waals surface area contributed by atoms with Crippen LogP contribution in [0.5, 0.6) is 0 Å². The van der Waals surface area contributed by atoms with E-state index in [4.69, 9.17) is 45.2 Å². The summed E-state index contributed by atoms with van der Waals surface area (Å²) in [6, 6.07) is -8.94. The highest BCUT2D eigenvalue weighted by Crippen LogP contribution is 2.19. The first-order chi connectivity index (χ1) is 33.7. The van der Waals surface area contributed by atoms with Crippen LogP contribution >= 0.6 is 0 Å². The summed E-state index contributed by atoms with van der Waals surface area (Å²) in [5, 5.41) is 27.7. The van der Waals surface area contributed by atoms with Crippen molar-refractivity contribution in [2.75, 3.05) is 45.8 Å². The molecule has 1 aliphatic heterocycles. The first-order valence-electron chi connectivity index (χ1n) is 25.0.